The van der Waals surface area contributed by atoms with Gasteiger partial charge < -0.3 is 11.5 Å². The van der Waals surface area contributed by atoms with E-state index >= 15 is 0 Å². The highest BCUT2D eigenvalue weighted by Crippen LogP contribution is 2.25. The van der Waals surface area contributed by atoms with Crippen molar-refractivity contribution in [2.24, 2.45) is 0 Å². The van der Waals surface area contributed by atoms with E-state index in [1.807, 2.05) is 24.3 Å². The van der Waals surface area contributed by atoms with E-state index < -0.39 is 0 Å². The van der Waals surface area contributed by atoms with E-state index in [1.165, 1.54) is 22.3 Å². The quantitative estimate of drug-likeness (QED) is 0.676. The summed E-state index contributed by atoms with van der Waals surface area (Å²) in [6.07, 6.45) is 1.01. The largest absolute Gasteiger partial charge is 0.399 e. The van der Waals surface area contributed by atoms with Crippen LogP contribution in [0.15, 0.2) is 72.8 Å². The van der Waals surface area contributed by atoms with Gasteiger partial charge in [0, 0.05) is 11.4 Å². The first-order valence-electron chi connectivity index (χ1n) is 7.92. The lowest BCUT2D eigenvalue weighted by molar-refractivity contribution is 0.759. The summed E-state index contributed by atoms with van der Waals surface area (Å²) in [4.78, 5) is 0. The molecule has 2 nitrogen and oxygen atoms in total. The second-order valence-corrected chi connectivity index (χ2v) is 6.09. The maximum atomic E-state index is 5.77. The first kappa shape index (κ1) is 15.2. The Morgan fingerprint density at radius 3 is 2.00 bits per heavy atom. The van der Waals surface area contributed by atoms with Crippen LogP contribution in [0.3, 0.4) is 0 Å². The van der Waals surface area contributed by atoms with Crippen LogP contribution in [0, 0.1) is 0 Å². The predicted octanol–water partition coefficient (Wildman–Crippen LogP) is 4.86. The average molecular weight is 302 g/mol. The third kappa shape index (κ3) is 3.72. The lowest BCUT2D eigenvalue weighted by Gasteiger charge is -2.13. The second-order valence-electron chi connectivity index (χ2n) is 6.09. The zero-order valence-electron chi connectivity index (χ0n) is 13.4. The molecule has 0 fully saturated rings. The molecule has 3 aromatic carbocycles. The maximum Gasteiger partial charge on any atom is 0.0314 e. The van der Waals surface area contributed by atoms with Crippen molar-refractivity contribution in [3.63, 3.8) is 0 Å². The summed E-state index contributed by atoms with van der Waals surface area (Å²) in [5.74, 6) is 0.456. The summed E-state index contributed by atoms with van der Waals surface area (Å²) in [6.45, 7) is 2.25. The van der Waals surface area contributed by atoms with Gasteiger partial charge in [-0.05, 0) is 58.9 Å². The SMILES string of the molecule is CC(Cc1cccc(-c2ccc(N)cc2)c1)c1ccc(N)cc1. The van der Waals surface area contributed by atoms with Crippen LogP contribution >= 0.6 is 0 Å². The van der Waals surface area contributed by atoms with Gasteiger partial charge in [0.15, 0.2) is 0 Å². The molecule has 0 radical (unpaired) electrons. The number of rotatable bonds is 4. The van der Waals surface area contributed by atoms with Crippen molar-refractivity contribution in [1.29, 1.82) is 0 Å². The minimum absolute atomic E-state index is 0.456. The molecule has 1 atom stereocenters. The van der Waals surface area contributed by atoms with Crippen molar-refractivity contribution in [1.82, 2.24) is 0 Å². The average Bonchev–Trinajstić information content (AvgIpc) is 2.56. The molecule has 23 heavy (non-hydrogen) atoms. The molecule has 0 saturated carbocycles. The molecule has 0 aromatic heterocycles. The minimum Gasteiger partial charge on any atom is -0.399 e. The fraction of sp³-hybridized carbons (Fsp3) is 0.143. The van der Waals surface area contributed by atoms with Gasteiger partial charge in [-0.25, -0.2) is 0 Å². The third-order valence-corrected chi connectivity index (χ3v) is 4.22. The van der Waals surface area contributed by atoms with Crippen molar-refractivity contribution in [2.45, 2.75) is 19.3 Å². The molecule has 0 amide bonds. The van der Waals surface area contributed by atoms with Gasteiger partial charge in [-0.2, -0.15) is 0 Å². The Labute approximate surface area is 137 Å². The lowest BCUT2D eigenvalue weighted by Crippen LogP contribution is -1.99. The molecule has 0 aliphatic heterocycles. The Kier molecular flexibility index (Phi) is 4.33. The first-order valence-corrected chi connectivity index (χ1v) is 7.92. The van der Waals surface area contributed by atoms with E-state index in [2.05, 4.69) is 55.5 Å². The Bertz CT molecular complexity index is 774. The normalized spacial score (nSPS) is 12.0. The van der Waals surface area contributed by atoms with Crippen LogP contribution in [0.5, 0.6) is 0 Å². The first-order chi connectivity index (χ1) is 11.1. The van der Waals surface area contributed by atoms with Gasteiger partial charge >= 0.3 is 0 Å². The van der Waals surface area contributed by atoms with Gasteiger partial charge in [-0.3, -0.25) is 0 Å². The summed E-state index contributed by atoms with van der Waals surface area (Å²) >= 11 is 0. The third-order valence-electron chi connectivity index (χ3n) is 4.22. The molecular formula is C21H22N2. The Morgan fingerprint density at radius 2 is 1.35 bits per heavy atom. The van der Waals surface area contributed by atoms with Crippen LogP contribution in [-0.2, 0) is 6.42 Å². The molecule has 2 heteroatoms. The zero-order valence-corrected chi connectivity index (χ0v) is 13.4. The highest BCUT2D eigenvalue weighted by atomic mass is 14.5. The molecule has 0 spiro atoms. The van der Waals surface area contributed by atoms with Gasteiger partial charge in [0.1, 0.15) is 0 Å². The van der Waals surface area contributed by atoms with Crippen LogP contribution in [0.2, 0.25) is 0 Å². The fourth-order valence-electron chi connectivity index (χ4n) is 2.85. The van der Waals surface area contributed by atoms with Gasteiger partial charge in [0.25, 0.3) is 0 Å². The molecule has 0 heterocycles. The summed E-state index contributed by atoms with van der Waals surface area (Å²) in [5, 5.41) is 0. The predicted molar refractivity (Wildman–Crippen MR) is 99.3 cm³/mol. The topological polar surface area (TPSA) is 52.0 Å². The maximum absolute atomic E-state index is 5.77. The van der Waals surface area contributed by atoms with E-state index in [0.717, 1.165) is 17.8 Å². The van der Waals surface area contributed by atoms with Crippen molar-refractivity contribution in [3.8, 4) is 11.1 Å². The molecule has 1 unspecified atom stereocenters. The van der Waals surface area contributed by atoms with Crippen molar-refractivity contribution in [2.75, 3.05) is 11.5 Å². The summed E-state index contributed by atoms with van der Waals surface area (Å²) in [6, 6.07) is 24.9. The van der Waals surface area contributed by atoms with E-state index in [9.17, 15) is 0 Å². The summed E-state index contributed by atoms with van der Waals surface area (Å²) in [5.41, 5.74) is 18.2. The van der Waals surface area contributed by atoms with Gasteiger partial charge in [0.2, 0.25) is 0 Å². The highest BCUT2D eigenvalue weighted by Gasteiger charge is 2.07. The standard InChI is InChI=1S/C21H22N2/c1-15(17-5-9-20(22)10-6-17)13-16-3-2-4-19(14-16)18-7-11-21(23)12-8-18/h2-12,14-15H,13,22-23H2,1H3. The van der Waals surface area contributed by atoms with Gasteiger partial charge in [0.05, 0.1) is 0 Å². The second kappa shape index (κ2) is 6.57. The molecule has 4 N–H and O–H groups in total. The zero-order chi connectivity index (χ0) is 16.2. The lowest BCUT2D eigenvalue weighted by atomic mass is 9.92. The van der Waals surface area contributed by atoms with Crippen molar-refractivity contribution in [3.05, 3.63) is 83.9 Å². The molecule has 0 bridgehead atoms. The Morgan fingerprint density at radius 1 is 0.739 bits per heavy atom. The minimum atomic E-state index is 0.456. The summed E-state index contributed by atoms with van der Waals surface area (Å²) < 4.78 is 0. The highest BCUT2D eigenvalue weighted by molar-refractivity contribution is 5.66. The van der Waals surface area contributed by atoms with E-state index in [-0.39, 0.29) is 0 Å². The summed E-state index contributed by atoms with van der Waals surface area (Å²) in [7, 11) is 0. The van der Waals surface area contributed by atoms with Crippen LogP contribution in [0.25, 0.3) is 11.1 Å². The molecular weight excluding hydrogens is 280 g/mol. The monoisotopic (exact) mass is 302 g/mol. The number of nitrogen functional groups attached to an aromatic ring is 2. The van der Waals surface area contributed by atoms with Crippen molar-refractivity contribution >= 4 is 11.4 Å². The molecule has 116 valence electrons. The van der Waals surface area contributed by atoms with Crippen LogP contribution in [0.4, 0.5) is 11.4 Å². The van der Waals surface area contributed by atoms with E-state index in [0.29, 0.717) is 5.92 Å². The molecule has 3 aromatic rings. The van der Waals surface area contributed by atoms with Gasteiger partial charge in [-0.15, -0.1) is 0 Å². The number of hydrogen-bond donors (Lipinski definition) is 2. The van der Waals surface area contributed by atoms with Crippen molar-refractivity contribution < 1.29 is 0 Å². The number of anilines is 2. The van der Waals surface area contributed by atoms with Crippen LogP contribution in [-0.4, -0.2) is 0 Å². The number of benzene rings is 3. The van der Waals surface area contributed by atoms with E-state index in [1.54, 1.807) is 0 Å². The number of hydrogen-bond acceptors (Lipinski definition) is 2. The Balaban J connectivity index is 1.79. The number of nitrogens with two attached hydrogens (primary N) is 2. The molecule has 0 aliphatic rings. The Hall–Kier alpha value is -2.74. The molecule has 0 aliphatic carbocycles. The fourth-order valence-corrected chi connectivity index (χ4v) is 2.85. The molecule has 0 saturated heterocycles. The van der Waals surface area contributed by atoms with Crippen LogP contribution in [0.1, 0.15) is 24.0 Å². The van der Waals surface area contributed by atoms with E-state index in [4.69, 9.17) is 11.5 Å². The van der Waals surface area contributed by atoms with Crippen LogP contribution < -0.4 is 11.5 Å². The van der Waals surface area contributed by atoms with Gasteiger partial charge in [-0.1, -0.05) is 55.5 Å². The molecule has 3 rings (SSSR count). The smallest absolute Gasteiger partial charge is 0.0314 e.